The average Bonchev–Trinajstić information content (AvgIpc) is 2.68. The summed E-state index contributed by atoms with van der Waals surface area (Å²) in [7, 11) is 2.16. The van der Waals surface area contributed by atoms with Crippen molar-refractivity contribution in [3.05, 3.63) is 29.8 Å². The van der Waals surface area contributed by atoms with E-state index in [4.69, 9.17) is 4.74 Å². The maximum Gasteiger partial charge on any atom is 0.119 e. The van der Waals surface area contributed by atoms with Crippen LogP contribution in [-0.2, 0) is 5.41 Å². The van der Waals surface area contributed by atoms with Crippen LogP contribution in [0.25, 0.3) is 0 Å². The molecule has 1 unspecified atom stereocenters. The Kier molecular flexibility index (Phi) is 8.01. The molecule has 1 heterocycles. The van der Waals surface area contributed by atoms with Crippen molar-refractivity contribution in [1.82, 2.24) is 9.80 Å². The van der Waals surface area contributed by atoms with E-state index in [0.717, 1.165) is 49.7 Å². The minimum absolute atomic E-state index is 0. The SMILES string of the molecule is CN1CCN(CC(O)COc2ccc(C34CC5CC(CC(C5)C3)C4)cc2)CC1.[Cl-].[Cl-]. The number of hydrogen-bond acceptors (Lipinski definition) is 4. The van der Waals surface area contributed by atoms with Crippen LogP contribution in [0.15, 0.2) is 24.3 Å². The minimum atomic E-state index is -0.425. The summed E-state index contributed by atoms with van der Waals surface area (Å²) in [6, 6.07) is 8.90. The predicted molar refractivity (Wildman–Crippen MR) is 112 cm³/mol. The number of rotatable bonds is 6. The normalized spacial score (nSPS) is 34.1. The summed E-state index contributed by atoms with van der Waals surface area (Å²) in [4.78, 5) is 4.68. The van der Waals surface area contributed by atoms with Crippen molar-refractivity contribution in [2.24, 2.45) is 17.8 Å². The van der Waals surface area contributed by atoms with E-state index in [1.165, 1.54) is 44.1 Å². The minimum Gasteiger partial charge on any atom is -1.00 e. The third-order valence-corrected chi connectivity index (χ3v) is 8.01. The van der Waals surface area contributed by atoms with Crippen molar-refractivity contribution in [2.75, 3.05) is 46.4 Å². The number of benzene rings is 1. The lowest BCUT2D eigenvalue weighted by Gasteiger charge is -2.57. The number of aliphatic hydroxyl groups excluding tert-OH is 1. The number of likely N-dealkylation sites (N-methyl/N-ethyl adjacent to an activating group) is 1. The van der Waals surface area contributed by atoms with Gasteiger partial charge >= 0.3 is 0 Å². The van der Waals surface area contributed by atoms with Crippen molar-refractivity contribution in [3.63, 3.8) is 0 Å². The van der Waals surface area contributed by atoms with Crippen LogP contribution in [0.3, 0.4) is 0 Å². The quantitative estimate of drug-likeness (QED) is 0.501. The van der Waals surface area contributed by atoms with Crippen LogP contribution in [0.1, 0.15) is 44.1 Å². The molecule has 4 saturated carbocycles. The summed E-state index contributed by atoms with van der Waals surface area (Å²) >= 11 is 0. The molecule has 1 aromatic carbocycles. The highest BCUT2D eigenvalue weighted by Crippen LogP contribution is 2.60. The third-order valence-electron chi connectivity index (χ3n) is 8.01. The number of hydrogen-bond donors (Lipinski definition) is 1. The maximum absolute atomic E-state index is 10.4. The summed E-state index contributed by atoms with van der Waals surface area (Å²) in [5.74, 6) is 3.83. The van der Waals surface area contributed by atoms with E-state index >= 15 is 0 Å². The first kappa shape index (κ1) is 24.1. The van der Waals surface area contributed by atoms with Gasteiger partial charge in [0.2, 0.25) is 0 Å². The van der Waals surface area contributed by atoms with Gasteiger partial charge in [0.05, 0.1) is 0 Å². The van der Waals surface area contributed by atoms with E-state index in [2.05, 4.69) is 41.1 Å². The second kappa shape index (κ2) is 9.95. The van der Waals surface area contributed by atoms with Crippen LogP contribution in [0, 0.1) is 17.8 Å². The highest BCUT2D eigenvalue weighted by Gasteiger charge is 2.51. The summed E-state index contributed by atoms with van der Waals surface area (Å²) in [6.45, 7) is 5.32. The van der Waals surface area contributed by atoms with Gasteiger partial charge in [0, 0.05) is 32.7 Å². The lowest BCUT2D eigenvalue weighted by molar-refractivity contribution is -0.00526. The Morgan fingerprint density at radius 2 is 1.47 bits per heavy atom. The zero-order valence-electron chi connectivity index (χ0n) is 18.1. The smallest absolute Gasteiger partial charge is 0.119 e. The molecule has 170 valence electrons. The van der Waals surface area contributed by atoms with Gasteiger partial charge < -0.3 is 39.6 Å². The molecule has 4 nitrogen and oxygen atoms in total. The van der Waals surface area contributed by atoms with Gasteiger partial charge in [-0.1, -0.05) is 12.1 Å². The standard InChI is InChI=1S/C24H36N2O2.2ClH/c1-25-6-8-26(9-7-25)16-22(27)17-28-23-4-2-21(3-5-23)24-13-18-10-19(14-24)12-20(11-18)15-24;;/h2-5,18-20,22,27H,6-17H2,1H3;2*1H/p-2. The van der Waals surface area contributed by atoms with Crippen molar-refractivity contribution in [3.8, 4) is 5.75 Å². The molecule has 6 heteroatoms. The van der Waals surface area contributed by atoms with Crippen molar-refractivity contribution < 1.29 is 34.7 Å². The molecule has 5 aliphatic rings. The summed E-state index contributed by atoms with van der Waals surface area (Å²) in [5.41, 5.74) is 1.99. The average molecular weight is 455 g/mol. The topological polar surface area (TPSA) is 35.9 Å². The first-order valence-electron chi connectivity index (χ1n) is 11.4. The zero-order valence-corrected chi connectivity index (χ0v) is 19.6. The van der Waals surface area contributed by atoms with Crippen LogP contribution < -0.4 is 29.6 Å². The fourth-order valence-electron chi connectivity index (χ4n) is 6.94. The monoisotopic (exact) mass is 454 g/mol. The Labute approximate surface area is 194 Å². The van der Waals surface area contributed by atoms with Crippen molar-refractivity contribution in [1.29, 1.82) is 0 Å². The van der Waals surface area contributed by atoms with E-state index in [1.54, 1.807) is 0 Å². The highest BCUT2D eigenvalue weighted by molar-refractivity contribution is 5.34. The number of ether oxygens (including phenoxy) is 1. The maximum atomic E-state index is 10.4. The molecule has 0 amide bonds. The molecule has 30 heavy (non-hydrogen) atoms. The summed E-state index contributed by atoms with van der Waals surface area (Å²) in [5, 5.41) is 10.4. The van der Waals surface area contributed by atoms with E-state index in [9.17, 15) is 5.11 Å². The molecule has 4 aliphatic carbocycles. The Balaban J connectivity index is 0.00000128. The Hall–Kier alpha value is -0.520. The van der Waals surface area contributed by atoms with Crippen LogP contribution in [0.2, 0.25) is 0 Å². The third kappa shape index (κ3) is 5.10. The number of nitrogens with zero attached hydrogens (tertiary/aromatic N) is 2. The molecule has 1 saturated heterocycles. The lowest BCUT2D eigenvalue weighted by atomic mass is 9.48. The predicted octanol–water partition coefficient (Wildman–Crippen LogP) is -2.85. The molecular weight excluding hydrogens is 419 g/mol. The second-order valence-corrected chi connectivity index (χ2v) is 10.3. The highest BCUT2D eigenvalue weighted by atomic mass is 35.5. The van der Waals surface area contributed by atoms with Gasteiger partial charge in [0.1, 0.15) is 18.5 Å². The van der Waals surface area contributed by atoms with E-state index in [0.29, 0.717) is 18.6 Å². The van der Waals surface area contributed by atoms with Crippen LogP contribution in [0.4, 0.5) is 0 Å². The number of halogens is 2. The van der Waals surface area contributed by atoms with Gasteiger partial charge in [-0.3, -0.25) is 4.90 Å². The molecule has 1 N–H and O–H groups in total. The number of β-amino-alcohol motifs (C(OH)–C–C–N with tert-alkyl or cyclic N) is 1. The molecule has 6 rings (SSSR count). The fraction of sp³-hybridized carbons (Fsp3) is 0.750. The van der Waals surface area contributed by atoms with Gasteiger partial charge in [0.15, 0.2) is 0 Å². The van der Waals surface area contributed by atoms with Crippen molar-refractivity contribution >= 4 is 0 Å². The van der Waals surface area contributed by atoms with Gasteiger partial charge in [-0.05, 0) is 86.4 Å². The molecule has 0 radical (unpaired) electrons. The van der Waals surface area contributed by atoms with Crippen molar-refractivity contribution in [2.45, 2.75) is 50.0 Å². The number of piperazine rings is 1. The van der Waals surface area contributed by atoms with Crippen LogP contribution in [-0.4, -0.2) is 67.4 Å². The van der Waals surface area contributed by atoms with Crippen LogP contribution >= 0.6 is 0 Å². The molecule has 4 bridgehead atoms. The van der Waals surface area contributed by atoms with Gasteiger partial charge in [-0.25, -0.2) is 0 Å². The van der Waals surface area contributed by atoms with E-state index in [1.807, 2.05) is 0 Å². The van der Waals surface area contributed by atoms with Gasteiger partial charge in [-0.15, -0.1) is 0 Å². The first-order valence-corrected chi connectivity index (χ1v) is 11.4. The molecule has 5 fully saturated rings. The lowest BCUT2D eigenvalue weighted by Crippen LogP contribution is -3.00. The van der Waals surface area contributed by atoms with Gasteiger partial charge in [0.25, 0.3) is 0 Å². The van der Waals surface area contributed by atoms with E-state index < -0.39 is 6.10 Å². The first-order chi connectivity index (χ1) is 13.6. The largest absolute Gasteiger partial charge is 1.00 e. The molecule has 1 aromatic rings. The molecule has 1 aliphatic heterocycles. The molecule has 1 atom stereocenters. The Bertz CT molecular complexity index is 641. The van der Waals surface area contributed by atoms with E-state index in [-0.39, 0.29) is 24.8 Å². The Morgan fingerprint density at radius 1 is 0.933 bits per heavy atom. The van der Waals surface area contributed by atoms with Gasteiger partial charge in [-0.2, -0.15) is 0 Å². The van der Waals surface area contributed by atoms with Crippen LogP contribution in [0.5, 0.6) is 5.75 Å². The summed E-state index contributed by atoms with van der Waals surface area (Å²) in [6.07, 6.45) is 8.27. The number of aliphatic hydroxyl groups is 1. The summed E-state index contributed by atoms with van der Waals surface area (Å²) < 4.78 is 5.92. The fourth-order valence-corrected chi connectivity index (χ4v) is 6.94. The molecular formula is C24H36Cl2N2O2-2. The molecule has 0 spiro atoms. The Morgan fingerprint density at radius 3 is 2.00 bits per heavy atom. The zero-order chi connectivity index (χ0) is 19.1. The molecule has 0 aromatic heterocycles. The second-order valence-electron chi connectivity index (χ2n) is 10.3.